The standard InChI is InChI=1S/C8H7Cl2NO/c1-2-6(12)8-5(9)3-4-7(10)11-8/h3-4H,2H2,1H3. The average Bonchev–Trinajstić information content (AvgIpc) is 2.08. The molecule has 1 aromatic heterocycles. The molecule has 0 aliphatic carbocycles. The zero-order valence-corrected chi connectivity index (χ0v) is 7.99. The van der Waals surface area contributed by atoms with E-state index in [1.807, 2.05) is 0 Å². The Morgan fingerprint density at radius 1 is 1.50 bits per heavy atom. The van der Waals surface area contributed by atoms with Gasteiger partial charge in [-0.3, -0.25) is 4.79 Å². The second kappa shape index (κ2) is 3.87. The summed E-state index contributed by atoms with van der Waals surface area (Å²) in [6.07, 6.45) is 0.382. The summed E-state index contributed by atoms with van der Waals surface area (Å²) in [5.74, 6) is -0.0949. The first-order valence-corrected chi connectivity index (χ1v) is 4.26. The minimum absolute atomic E-state index is 0.0949. The molecule has 0 bridgehead atoms. The highest BCUT2D eigenvalue weighted by Gasteiger charge is 2.09. The Balaban J connectivity index is 3.13. The second-order valence-electron chi connectivity index (χ2n) is 2.24. The van der Waals surface area contributed by atoms with Gasteiger partial charge in [0.15, 0.2) is 5.78 Å². The number of nitrogens with zero attached hydrogens (tertiary/aromatic N) is 1. The van der Waals surface area contributed by atoms with Gasteiger partial charge in [-0.15, -0.1) is 0 Å². The van der Waals surface area contributed by atoms with Crippen LogP contribution in [0.4, 0.5) is 0 Å². The average molecular weight is 204 g/mol. The smallest absolute Gasteiger partial charge is 0.182 e. The van der Waals surface area contributed by atoms with Crippen molar-refractivity contribution in [2.75, 3.05) is 0 Å². The van der Waals surface area contributed by atoms with Gasteiger partial charge in [-0.05, 0) is 12.1 Å². The number of ketones is 1. The summed E-state index contributed by atoms with van der Waals surface area (Å²) in [4.78, 5) is 15.0. The summed E-state index contributed by atoms with van der Waals surface area (Å²) in [6, 6.07) is 3.12. The Morgan fingerprint density at radius 2 is 2.17 bits per heavy atom. The molecule has 0 unspecified atom stereocenters. The lowest BCUT2D eigenvalue weighted by Gasteiger charge is -1.99. The molecule has 12 heavy (non-hydrogen) atoms. The molecule has 1 heterocycles. The molecule has 1 aromatic rings. The fourth-order valence-electron chi connectivity index (χ4n) is 0.781. The largest absolute Gasteiger partial charge is 0.292 e. The van der Waals surface area contributed by atoms with Gasteiger partial charge in [0.1, 0.15) is 10.8 Å². The highest BCUT2D eigenvalue weighted by molar-refractivity contribution is 6.34. The first-order chi connectivity index (χ1) is 5.65. The van der Waals surface area contributed by atoms with Crippen molar-refractivity contribution >= 4 is 29.0 Å². The van der Waals surface area contributed by atoms with Gasteiger partial charge < -0.3 is 0 Å². The molecule has 0 atom stereocenters. The SMILES string of the molecule is CCC(=O)c1nc(Cl)ccc1Cl. The quantitative estimate of drug-likeness (QED) is 0.547. The molecule has 0 spiro atoms. The summed E-state index contributed by atoms with van der Waals surface area (Å²) < 4.78 is 0. The van der Waals surface area contributed by atoms with Gasteiger partial charge in [0.05, 0.1) is 5.02 Å². The van der Waals surface area contributed by atoms with Crippen LogP contribution in [0.5, 0.6) is 0 Å². The van der Waals surface area contributed by atoms with Crippen molar-refractivity contribution in [1.29, 1.82) is 0 Å². The van der Waals surface area contributed by atoms with Crippen molar-refractivity contribution in [1.82, 2.24) is 4.98 Å². The van der Waals surface area contributed by atoms with Gasteiger partial charge in [-0.1, -0.05) is 30.1 Å². The maximum Gasteiger partial charge on any atom is 0.182 e. The predicted octanol–water partition coefficient (Wildman–Crippen LogP) is 2.98. The lowest BCUT2D eigenvalue weighted by molar-refractivity contribution is 0.0983. The van der Waals surface area contributed by atoms with E-state index in [4.69, 9.17) is 23.2 Å². The topological polar surface area (TPSA) is 30.0 Å². The molecule has 0 N–H and O–H groups in total. The highest BCUT2D eigenvalue weighted by Crippen LogP contribution is 2.17. The van der Waals surface area contributed by atoms with Crippen molar-refractivity contribution in [2.24, 2.45) is 0 Å². The minimum atomic E-state index is -0.0949. The number of pyridine rings is 1. The van der Waals surface area contributed by atoms with Gasteiger partial charge in [-0.2, -0.15) is 0 Å². The summed E-state index contributed by atoms with van der Waals surface area (Å²) in [5.41, 5.74) is 0.256. The first kappa shape index (κ1) is 9.49. The van der Waals surface area contributed by atoms with Gasteiger partial charge in [0.2, 0.25) is 0 Å². The van der Waals surface area contributed by atoms with E-state index in [1.54, 1.807) is 19.1 Å². The van der Waals surface area contributed by atoms with E-state index in [0.717, 1.165) is 0 Å². The number of carbonyl (C=O) groups is 1. The Kier molecular flexibility index (Phi) is 3.06. The molecule has 0 saturated heterocycles. The predicted molar refractivity (Wildman–Crippen MR) is 48.9 cm³/mol. The van der Waals surface area contributed by atoms with Crippen LogP contribution >= 0.6 is 23.2 Å². The van der Waals surface area contributed by atoms with Gasteiger partial charge in [0.25, 0.3) is 0 Å². The maximum absolute atomic E-state index is 11.2. The van der Waals surface area contributed by atoms with E-state index < -0.39 is 0 Å². The summed E-state index contributed by atoms with van der Waals surface area (Å²) in [5, 5.41) is 0.641. The van der Waals surface area contributed by atoms with Crippen LogP contribution in [-0.4, -0.2) is 10.8 Å². The summed E-state index contributed by atoms with van der Waals surface area (Å²) in [6.45, 7) is 1.75. The Bertz CT molecular complexity index is 312. The maximum atomic E-state index is 11.2. The van der Waals surface area contributed by atoms with Crippen LogP contribution < -0.4 is 0 Å². The van der Waals surface area contributed by atoms with Crippen molar-refractivity contribution in [3.05, 3.63) is 28.0 Å². The zero-order valence-electron chi connectivity index (χ0n) is 6.47. The Labute approximate surface area is 80.5 Å². The van der Waals surface area contributed by atoms with Gasteiger partial charge in [0, 0.05) is 6.42 Å². The fourth-order valence-corrected chi connectivity index (χ4v) is 1.14. The molecule has 0 saturated carbocycles. The summed E-state index contributed by atoms with van der Waals surface area (Å²) in [7, 11) is 0. The molecule has 0 aromatic carbocycles. The van der Waals surface area contributed by atoms with E-state index >= 15 is 0 Å². The molecule has 64 valence electrons. The molecule has 0 aliphatic heterocycles. The van der Waals surface area contributed by atoms with Crippen LogP contribution in [0.1, 0.15) is 23.8 Å². The van der Waals surface area contributed by atoms with E-state index in [1.165, 1.54) is 0 Å². The van der Waals surface area contributed by atoms with Crippen LogP contribution in [0.25, 0.3) is 0 Å². The molecule has 0 aliphatic rings. The highest BCUT2D eigenvalue weighted by atomic mass is 35.5. The molecule has 0 radical (unpaired) electrons. The lowest BCUT2D eigenvalue weighted by atomic mass is 10.2. The molecule has 1 rings (SSSR count). The van der Waals surface area contributed by atoms with Crippen molar-refractivity contribution in [2.45, 2.75) is 13.3 Å². The lowest BCUT2D eigenvalue weighted by Crippen LogP contribution is -2.01. The molecular formula is C8H7Cl2NO. The van der Waals surface area contributed by atoms with Crippen molar-refractivity contribution in [3.8, 4) is 0 Å². The van der Waals surface area contributed by atoms with Crippen molar-refractivity contribution < 1.29 is 4.79 Å². The van der Waals surface area contributed by atoms with Crippen LogP contribution in [0.2, 0.25) is 10.2 Å². The molecule has 0 fully saturated rings. The number of halogens is 2. The molecular weight excluding hydrogens is 197 g/mol. The first-order valence-electron chi connectivity index (χ1n) is 3.50. The number of hydrogen-bond acceptors (Lipinski definition) is 2. The van der Waals surface area contributed by atoms with Crippen LogP contribution in [0.15, 0.2) is 12.1 Å². The molecule has 2 nitrogen and oxygen atoms in total. The zero-order chi connectivity index (χ0) is 9.14. The van der Waals surface area contributed by atoms with Crippen molar-refractivity contribution in [3.63, 3.8) is 0 Å². The molecule has 0 amide bonds. The number of hydrogen-bond donors (Lipinski definition) is 0. The van der Waals surface area contributed by atoms with Crippen LogP contribution in [0, 0.1) is 0 Å². The number of Topliss-reactive ketones (excluding diaryl/α,β-unsaturated/α-hetero) is 1. The monoisotopic (exact) mass is 203 g/mol. The molecule has 4 heteroatoms. The third kappa shape index (κ3) is 1.96. The Hall–Kier alpha value is -0.600. The van der Waals surface area contributed by atoms with Gasteiger partial charge >= 0.3 is 0 Å². The number of rotatable bonds is 2. The van der Waals surface area contributed by atoms with Crippen LogP contribution in [-0.2, 0) is 0 Å². The second-order valence-corrected chi connectivity index (χ2v) is 3.04. The number of carbonyl (C=O) groups excluding carboxylic acids is 1. The summed E-state index contributed by atoms with van der Waals surface area (Å²) >= 11 is 11.3. The third-order valence-corrected chi connectivity index (χ3v) is 1.91. The van der Waals surface area contributed by atoms with Crippen LogP contribution in [0.3, 0.4) is 0 Å². The minimum Gasteiger partial charge on any atom is -0.292 e. The van der Waals surface area contributed by atoms with E-state index in [-0.39, 0.29) is 16.6 Å². The number of aromatic nitrogens is 1. The third-order valence-electron chi connectivity index (χ3n) is 1.40. The van der Waals surface area contributed by atoms with E-state index in [2.05, 4.69) is 4.98 Å². The Morgan fingerprint density at radius 3 is 2.75 bits per heavy atom. The normalized spacial score (nSPS) is 9.92. The van der Waals surface area contributed by atoms with E-state index in [0.29, 0.717) is 11.4 Å². The van der Waals surface area contributed by atoms with Gasteiger partial charge in [-0.25, -0.2) is 4.98 Å². The fraction of sp³-hybridized carbons (Fsp3) is 0.250. The van der Waals surface area contributed by atoms with E-state index in [9.17, 15) is 4.79 Å².